The summed E-state index contributed by atoms with van der Waals surface area (Å²) in [6, 6.07) is 1.87. The molecule has 0 unspecified atom stereocenters. The Morgan fingerprint density at radius 1 is 1.41 bits per heavy atom. The van der Waals surface area contributed by atoms with E-state index < -0.39 is 20.7 Å². The van der Waals surface area contributed by atoms with E-state index in [9.17, 15) is 18.3 Å². The van der Waals surface area contributed by atoms with Crippen molar-refractivity contribution in [1.82, 2.24) is 9.46 Å². The normalized spacial score (nSPS) is 23.1. The Balaban J connectivity index is 1.72. The number of hydrogen-bond donors (Lipinski definition) is 1. The smallest absolute Gasteiger partial charge is 0.326 e. The van der Waals surface area contributed by atoms with Crippen molar-refractivity contribution in [2.75, 3.05) is 13.1 Å². The van der Waals surface area contributed by atoms with Gasteiger partial charge in [0, 0.05) is 25.1 Å². The van der Waals surface area contributed by atoms with Crippen LogP contribution in [0, 0.1) is 6.92 Å². The molecule has 1 saturated carbocycles. The van der Waals surface area contributed by atoms with Crippen LogP contribution in [0.5, 0.6) is 0 Å². The van der Waals surface area contributed by atoms with Gasteiger partial charge in [-0.2, -0.15) is 0 Å². The van der Waals surface area contributed by atoms with Crippen molar-refractivity contribution in [1.29, 1.82) is 0 Å². The summed E-state index contributed by atoms with van der Waals surface area (Å²) < 4.78 is 30.4. The number of carbonyl (C=O) groups is 1. The summed E-state index contributed by atoms with van der Waals surface area (Å²) in [5.74, 6) is -0.285. The number of piperidine rings is 1. The number of hydrogen-bond acceptors (Lipinski definition) is 5. The minimum Gasteiger partial charge on any atom is -0.480 e. The predicted molar refractivity (Wildman–Crippen MR) is 77.9 cm³/mol. The monoisotopic (exact) mass is 328 g/mol. The predicted octanol–water partition coefficient (Wildman–Crippen LogP) is 1.50. The standard InChI is InChI=1S/C14H20N2O5S/c1-10-9-12(21-15-10)11-3-7-16(8-4-11)22(19,20)14(13(17)18)5-2-6-14/h9,11H,2-8H2,1H3,(H,17,18). The number of aromatic nitrogens is 1. The van der Waals surface area contributed by atoms with Crippen LogP contribution in [-0.2, 0) is 14.8 Å². The molecule has 1 aromatic heterocycles. The van der Waals surface area contributed by atoms with E-state index in [1.54, 1.807) is 0 Å². The Bertz CT molecular complexity index is 669. The lowest BCUT2D eigenvalue weighted by atomic mass is 9.84. The van der Waals surface area contributed by atoms with E-state index in [-0.39, 0.29) is 18.8 Å². The quantitative estimate of drug-likeness (QED) is 0.899. The van der Waals surface area contributed by atoms with Gasteiger partial charge in [-0.1, -0.05) is 5.16 Å². The first-order valence-electron chi connectivity index (χ1n) is 7.53. The first kappa shape index (κ1) is 15.5. The van der Waals surface area contributed by atoms with Gasteiger partial charge in [0.2, 0.25) is 10.0 Å². The summed E-state index contributed by atoms with van der Waals surface area (Å²) in [5, 5.41) is 13.2. The summed E-state index contributed by atoms with van der Waals surface area (Å²) in [7, 11) is -3.80. The van der Waals surface area contributed by atoms with E-state index >= 15 is 0 Å². The maximum atomic E-state index is 12.7. The Kier molecular flexibility index (Phi) is 3.76. The summed E-state index contributed by atoms with van der Waals surface area (Å²) in [6.07, 6.45) is 2.34. The second-order valence-corrected chi connectivity index (χ2v) is 8.45. The lowest BCUT2D eigenvalue weighted by Crippen LogP contribution is -2.58. The molecule has 3 rings (SSSR count). The molecule has 22 heavy (non-hydrogen) atoms. The number of carboxylic acid groups (broad SMARTS) is 1. The fourth-order valence-electron chi connectivity index (χ4n) is 3.28. The van der Waals surface area contributed by atoms with Crippen LogP contribution in [0.4, 0.5) is 0 Å². The van der Waals surface area contributed by atoms with Crippen LogP contribution in [0.1, 0.15) is 49.5 Å². The van der Waals surface area contributed by atoms with Gasteiger partial charge in [-0.15, -0.1) is 0 Å². The van der Waals surface area contributed by atoms with Crippen molar-refractivity contribution in [3.05, 3.63) is 17.5 Å². The van der Waals surface area contributed by atoms with Crippen LogP contribution in [0.15, 0.2) is 10.6 Å². The molecule has 2 aliphatic rings. The van der Waals surface area contributed by atoms with Crippen LogP contribution < -0.4 is 0 Å². The summed E-state index contributed by atoms with van der Waals surface area (Å²) in [5.41, 5.74) is 0.810. The van der Waals surface area contributed by atoms with Gasteiger partial charge in [-0.25, -0.2) is 12.7 Å². The minimum absolute atomic E-state index is 0.148. The highest BCUT2D eigenvalue weighted by atomic mass is 32.2. The zero-order chi connectivity index (χ0) is 16.0. The first-order chi connectivity index (χ1) is 10.4. The van der Waals surface area contributed by atoms with Gasteiger partial charge in [0.05, 0.1) is 5.69 Å². The van der Waals surface area contributed by atoms with Crippen LogP contribution in [0.3, 0.4) is 0 Å². The molecule has 0 radical (unpaired) electrons. The molecule has 1 aliphatic carbocycles. The average Bonchev–Trinajstić information content (AvgIpc) is 2.83. The Hall–Kier alpha value is -1.41. The third kappa shape index (κ3) is 2.25. The highest BCUT2D eigenvalue weighted by Crippen LogP contribution is 2.43. The second-order valence-electron chi connectivity index (χ2n) is 6.20. The van der Waals surface area contributed by atoms with Crippen molar-refractivity contribution in [2.45, 2.75) is 49.7 Å². The van der Waals surface area contributed by atoms with E-state index in [1.807, 2.05) is 13.0 Å². The van der Waals surface area contributed by atoms with Crippen molar-refractivity contribution in [3.8, 4) is 0 Å². The lowest BCUT2D eigenvalue weighted by molar-refractivity contribution is -0.142. The third-order valence-corrected chi connectivity index (χ3v) is 7.50. The van der Waals surface area contributed by atoms with Crippen molar-refractivity contribution < 1.29 is 22.8 Å². The largest absolute Gasteiger partial charge is 0.480 e. The highest BCUT2D eigenvalue weighted by molar-refractivity contribution is 7.91. The van der Waals surface area contributed by atoms with E-state index in [0.717, 1.165) is 11.5 Å². The lowest BCUT2D eigenvalue weighted by Gasteiger charge is -2.42. The summed E-state index contributed by atoms with van der Waals surface area (Å²) in [4.78, 5) is 11.5. The number of carboxylic acids is 1. The molecule has 7 nitrogen and oxygen atoms in total. The summed E-state index contributed by atoms with van der Waals surface area (Å²) >= 11 is 0. The number of aryl methyl sites for hydroxylation is 1. The Labute approximate surface area is 129 Å². The molecule has 0 aromatic carbocycles. The molecule has 8 heteroatoms. The number of nitrogens with zero attached hydrogens (tertiary/aromatic N) is 2. The van der Waals surface area contributed by atoms with Gasteiger partial charge in [0.15, 0.2) is 4.75 Å². The van der Waals surface area contributed by atoms with Gasteiger partial charge in [-0.05, 0) is 39.0 Å². The van der Waals surface area contributed by atoms with Gasteiger partial charge in [0.1, 0.15) is 5.76 Å². The Morgan fingerprint density at radius 2 is 2.05 bits per heavy atom. The van der Waals surface area contributed by atoms with Gasteiger partial charge >= 0.3 is 5.97 Å². The molecule has 2 heterocycles. The number of rotatable bonds is 4. The molecule has 1 aromatic rings. The topological polar surface area (TPSA) is 101 Å². The van der Waals surface area contributed by atoms with Gasteiger partial charge in [-0.3, -0.25) is 4.79 Å². The molecule has 0 atom stereocenters. The van der Waals surface area contributed by atoms with E-state index in [2.05, 4.69) is 5.16 Å². The highest BCUT2D eigenvalue weighted by Gasteiger charge is 2.58. The Morgan fingerprint density at radius 3 is 2.45 bits per heavy atom. The van der Waals surface area contributed by atoms with E-state index in [4.69, 9.17) is 4.52 Å². The molecule has 1 aliphatic heterocycles. The van der Waals surface area contributed by atoms with Crippen molar-refractivity contribution in [2.24, 2.45) is 0 Å². The molecule has 122 valence electrons. The fraction of sp³-hybridized carbons (Fsp3) is 0.714. The van der Waals surface area contributed by atoms with Gasteiger partial charge in [0.25, 0.3) is 0 Å². The van der Waals surface area contributed by atoms with Crippen LogP contribution >= 0.6 is 0 Å². The third-order valence-electron chi connectivity index (χ3n) is 4.89. The molecule has 1 saturated heterocycles. The molecule has 0 bridgehead atoms. The molecular formula is C14H20N2O5S. The van der Waals surface area contributed by atoms with Crippen LogP contribution in [-0.4, -0.2) is 46.8 Å². The molecule has 0 spiro atoms. The molecule has 0 amide bonds. The zero-order valence-corrected chi connectivity index (χ0v) is 13.3. The summed E-state index contributed by atoms with van der Waals surface area (Å²) in [6.45, 7) is 2.52. The molecule has 2 fully saturated rings. The number of aliphatic carboxylic acids is 1. The van der Waals surface area contributed by atoms with Crippen molar-refractivity contribution >= 4 is 16.0 Å². The van der Waals surface area contributed by atoms with Crippen LogP contribution in [0.25, 0.3) is 0 Å². The first-order valence-corrected chi connectivity index (χ1v) is 8.97. The average molecular weight is 328 g/mol. The van der Waals surface area contributed by atoms with Crippen LogP contribution in [0.2, 0.25) is 0 Å². The fourth-order valence-corrected chi connectivity index (χ4v) is 5.49. The minimum atomic E-state index is -3.80. The van der Waals surface area contributed by atoms with Gasteiger partial charge < -0.3 is 9.63 Å². The maximum Gasteiger partial charge on any atom is 0.326 e. The number of sulfonamides is 1. The van der Waals surface area contributed by atoms with Crippen molar-refractivity contribution in [3.63, 3.8) is 0 Å². The maximum absolute atomic E-state index is 12.7. The van der Waals surface area contributed by atoms with E-state index in [0.29, 0.717) is 32.4 Å². The second kappa shape index (κ2) is 5.34. The molecule has 1 N–H and O–H groups in total. The SMILES string of the molecule is Cc1cc(C2CCN(S(=O)(=O)C3(C(=O)O)CCC3)CC2)on1. The zero-order valence-electron chi connectivity index (χ0n) is 12.5. The van der Waals surface area contributed by atoms with E-state index in [1.165, 1.54) is 4.31 Å². The molecular weight excluding hydrogens is 308 g/mol.